The minimum Gasteiger partial charge on any atom is -0.459 e. The van der Waals surface area contributed by atoms with Gasteiger partial charge in [0.2, 0.25) is 0 Å². The quantitative estimate of drug-likeness (QED) is 0.618. The lowest BCUT2D eigenvalue weighted by Crippen LogP contribution is -2.21. The summed E-state index contributed by atoms with van der Waals surface area (Å²) in [7, 11) is 0. The summed E-state index contributed by atoms with van der Waals surface area (Å²) in [6.07, 6.45) is 5.61. The van der Waals surface area contributed by atoms with E-state index in [-0.39, 0.29) is 24.6 Å². The Hall–Kier alpha value is -2.36. The van der Waals surface area contributed by atoms with Crippen molar-refractivity contribution in [3.8, 4) is 0 Å². The van der Waals surface area contributed by atoms with Gasteiger partial charge in [-0.05, 0) is 31.2 Å². The van der Waals surface area contributed by atoms with Crippen LogP contribution in [0.25, 0.3) is 0 Å². The van der Waals surface area contributed by atoms with Crippen LogP contribution in [0.2, 0.25) is 0 Å². The van der Waals surface area contributed by atoms with Crippen molar-refractivity contribution in [3.63, 3.8) is 0 Å². The minimum absolute atomic E-state index is 0.0806. The summed E-state index contributed by atoms with van der Waals surface area (Å²) in [6, 6.07) is 9.57. The molecule has 1 aliphatic rings. The van der Waals surface area contributed by atoms with Crippen LogP contribution in [0.1, 0.15) is 31.2 Å². The number of hydrogen-bond donors (Lipinski definition) is 0. The smallest absolute Gasteiger partial charge is 0.331 e. The Morgan fingerprint density at radius 1 is 1.14 bits per heavy atom. The molecular weight excluding hydrogens is 280 g/mol. The van der Waals surface area contributed by atoms with Crippen molar-refractivity contribution < 1.29 is 19.1 Å². The number of ether oxygens (including phenoxy) is 2. The van der Waals surface area contributed by atoms with Crippen LogP contribution in [0.5, 0.6) is 0 Å². The lowest BCUT2D eigenvalue weighted by Gasteiger charge is -2.23. The molecular formula is C18H20O4. The fourth-order valence-corrected chi connectivity index (χ4v) is 2.37. The predicted octanol–water partition coefficient (Wildman–Crippen LogP) is 3.33. The van der Waals surface area contributed by atoms with Gasteiger partial charge < -0.3 is 9.47 Å². The molecule has 0 aliphatic heterocycles. The number of allylic oxidation sites excluding steroid dienone is 1. The van der Waals surface area contributed by atoms with Crippen LogP contribution in [-0.2, 0) is 25.7 Å². The van der Waals surface area contributed by atoms with Gasteiger partial charge in [0.1, 0.15) is 12.7 Å². The molecule has 0 amide bonds. The largest absolute Gasteiger partial charge is 0.459 e. The van der Waals surface area contributed by atoms with E-state index in [9.17, 15) is 9.59 Å². The van der Waals surface area contributed by atoms with Gasteiger partial charge in [-0.1, -0.05) is 42.5 Å². The summed E-state index contributed by atoms with van der Waals surface area (Å²) in [6.45, 7) is 3.66. The van der Waals surface area contributed by atoms with E-state index >= 15 is 0 Å². The predicted molar refractivity (Wildman–Crippen MR) is 82.9 cm³/mol. The number of benzene rings is 1. The van der Waals surface area contributed by atoms with Crippen LogP contribution in [0.3, 0.4) is 0 Å². The zero-order chi connectivity index (χ0) is 15.8. The second kappa shape index (κ2) is 8.17. The van der Waals surface area contributed by atoms with Gasteiger partial charge in [-0.15, -0.1) is 0 Å². The third-order valence-electron chi connectivity index (χ3n) is 3.57. The summed E-state index contributed by atoms with van der Waals surface area (Å²) >= 11 is 0. The molecule has 4 heteroatoms. The van der Waals surface area contributed by atoms with Gasteiger partial charge in [0, 0.05) is 12.2 Å². The molecule has 22 heavy (non-hydrogen) atoms. The second-order valence-electron chi connectivity index (χ2n) is 5.24. The molecule has 0 atom stereocenters. The van der Waals surface area contributed by atoms with Crippen LogP contribution in [0.4, 0.5) is 0 Å². The van der Waals surface area contributed by atoms with Crippen molar-refractivity contribution >= 4 is 11.9 Å². The molecule has 0 heterocycles. The Morgan fingerprint density at radius 3 is 2.45 bits per heavy atom. The van der Waals surface area contributed by atoms with E-state index in [1.165, 1.54) is 6.08 Å². The summed E-state index contributed by atoms with van der Waals surface area (Å²) < 4.78 is 10.4. The molecule has 1 aromatic carbocycles. The van der Waals surface area contributed by atoms with Gasteiger partial charge in [-0.25, -0.2) is 9.59 Å². The maximum absolute atomic E-state index is 11.8. The Labute approximate surface area is 130 Å². The van der Waals surface area contributed by atoms with E-state index in [1.807, 2.05) is 30.3 Å². The second-order valence-corrected chi connectivity index (χ2v) is 5.24. The monoisotopic (exact) mass is 300 g/mol. The van der Waals surface area contributed by atoms with Gasteiger partial charge in [0.15, 0.2) is 0 Å². The molecule has 4 nitrogen and oxygen atoms in total. The van der Waals surface area contributed by atoms with Crippen molar-refractivity contribution in [3.05, 3.63) is 60.2 Å². The van der Waals surface area contributed by atoms with Gasteiger partial charge in [-0.3, -0.25) is 0 Å². The molecule has 1 fully saturated rings. The Morgan fingerprint density at radius 2 is 1.82 bits per heavy atom. The molecule has 0 saturated heterocycles. The fraction of sp³-hybridized carbons (Fsp3) is 0.333. The number of carbonyl (C=O) groups excluding carboxylic acids is 2. The molecule has 116 valence electrons. The highest BCUT2D eigenvalue weighted by Gasteiger charge is 2.20. The van der Waals surface area contributed by atoms with E-state index in [2.05, 4.69) is 6.58 Å². The minimum atomic E-state index is -0.389. The third kappa shape index (κ3) is 5.20. The van der Waals surface area contributed by atoms with E-state index in [4.69, 9.17) is 9.47 Å². The molecule has 1 aromatic rings. The Balaban J connectivity index is 1.75. The fourth-order valence-electron chi connectivity index (χ4n) is 2.37. The lowest BCUT2D eigenvalue weighted by atomic mass is 9.92. The first-order valence-corrected chi connectivity index (χ1v) is 7.40. The molecule has 0 radical (unpaired) electrons. The first-order valence-electron chi connectivity index (χ1n) is 7.40. The lowest BCUT2D eigenvalue weighted by molar-refractivity contribution is -0.144. The molecule has 0 N–H and O–H groups in total. The normalized spacial score (nSPS) is 17.5. The molecule has 1 saturated carbocycles. The van der Waals surface area contributed by atoms with E-state index in [0.29, 0.717) is 0 Å². The average Bonchev–Trinajstić information content (AvgIpc) is 2.55. The highest BCUT2D eigenvalue weighted by atomic mass is 16.5. The topological polar surface area (TPSA) is 52.6 Å². The van der Waals surface area contributed by atoms with E-state index < -0.39 is 0 Å². The highest BCUT2D eigenvalue weighted by Crippen LogP contribution is 2.25. The van der Waals surface area contributed by atoms with Crippen molar-refractivity contribution in [1.82, 2.24) is 0 Å². The average molecular weight is 300 g/mol. The van der Waals surface area contributed by atoms with Crippen LogP contribution >= 0.6 is 0 Å². The van der Waals surface area contributed by atoms with Gasteiger partial charge in [-0.2, -0.15) is 0 Å². The third-order valence-corrected chi connectivity index (χ3v) is 3.57. The standard InChI is InChI=1S/C18H20O4/c1-2-17(19)22-16-10-8-14(9-11-16)12-18(20)21-13-15-6-4-3-5-7-15/h2-7,12,16H,1,8-11,13H2. The summed E-state index contributed by atoms with van der Waals surface area (Å²) in [4.78, 5) is 22.9. The Kier molecular flexibility index (Phi) is 5.95. The van der Waals surface area contributed by atoms with Crippen molar-refractivity contribution in [1.29, 1.82) is 0 Å². The number of hydrogen-bond acceptors (Lipinski definition) is 4. The van der Waals surface area contributed by atoms with Crippen molar-refractivity contribution in [2.24, 2.45) is 0 Å². The number of carbonyl (C=O) groups is 2. The van der Waals surface area contributed by atoms with Crippen molar-refractivity contribution in [2.75, 3.05) is 0 Å². The van der Waals surface area contributed by atoms with Crippen LogP contribution < -0.4 is 0 Å². The van der Waals surface area contributed by atoms with E-state index in [0.717, 1.165) is 36.8 Å². The van der Waals surface area contributed by atoms with Gasteiger partial charge >= 0.3 is 11.9 Å². The van der Waals surface area contributed by atoms with Crippen molar-refractivity contribution in [2.45, 2.75) is 38.4 Å². The van der Waals surface area contributed by atoms with Crippen LogP contribution in [-0.4, -0.2) is 18.0 Å². The Bertz CT molecular complexity index is 550. The number of rotatable bonds is 5. The molecule has 1 aliphatic carbocycles. The maximum atomic E-state index is 11.8. The first kappa shape index (κ1) is 16.0. The van der Waals surface area contributed by atoms with Gasteiger partial charge in [0.25, 0.3) is 0 Å². The molecule has 2 rings (SSSR count). The zero-order valence-electron chi connectivity index (χ0n) is 12.5. The van der Waals surface area contributed by atoms with Crippen LogP contribution in [0.15, 0.2) is 54.6 Å². The highest BCUT2D eigenvalue weighted by molar-refractivity contribution is 5.83. The molecule has 0 bridgehead atoms. The number of esters is 2. The molecule has 0 unspecified atom stereocenters. The summed E-state index contributed by atoms with van der Waals surface area (Å²) in [5, 5.41) is 0. The SMILES string of the molecule is C=CC(=O)OC1CCC(=CC(=O)OCc2ccccc2)CC1. The van der Waals surface area contributed by atoms with Crippen LogP contribution in [0, 0.1) is 0 Å². The maximum Gasteiger partial charge on any atom is 0.331 e. The molecule has 0 spiro atoms. The van der Waals surface area contributed by atoms with E-state index in [1.54, 1.807) is 6.08 Å². The first-order chi connectivity index (χ1) is 10.7. The zero-order valence-corrected chi connectivity index (χ0v) is 12.5. The van der Waals surface area contributed by atoms with Gasteiger partial charge in [0.05, 0.1) is 0 Å². The summed E-state index contributed by atoms with van der Waals surface area (Å²) in [5.41, 5.74) is 2.01. The summed E-state index contributed by atoms with van der Waals surface area (Å²) in [5.74, 6) is -0.708. The molecule has 0 aromatic heterocycles.